The molecule has 0 amide bonds. The summed E-state index contributed by atoms with van der Waals surface area (Å²) in [7, 11) is -0.290. The minimum Gasteiger partial charge on any atom is -0.478 e. The Labute approximate surface area is 158 Å². The van der Waals surface area contributed by atoms with Gasteiger partial charge in [0.05, 0.1) is 23.1 Å². The molecular weight excluding hydrogens is 368 g/mol. The number of carboxylic acids is 1. The molecule has 1 unspecified atom stereocenters. The number of carboxylic acid groups (broad SMARTS) is 1. The van der Waals surface area contributed by atoms with Crippen molar-refractivity contribution in [3.8, 4) is 11.3 Å². The summed E-state index contributed by atoms with van der Waals surface area (Å²) in [6.07, 6.45) is 4.83. The molecule has 1 N–H and O–H groups in total. The van der Waals surface area contributed by atoms with Gasteiger partial charge in [0.2, 0.25) is 0 Å². The Kier molecular flexibility index (Phi) is 5.54. The van der Waals surface area contributed by atoms with Crippen molar-refractivity contribution >= 4 is 16.2 Å². The molecule has 8 nitrogen and oxygen atoms in total. The summed E-state index contributed by atoms with van der Waals surface area (Å²) in [5.41, 5.74) is 2.50. The van der Waals surface area contributed by atoms with E-state index in [1.54, 1.807) is 24.5 Å². The van der Waals surface area contributed by atoms with Crippen molar-refractivity contribution in [3.05, 3.63) is 47.9 Å². The lowest BCUT2D eigenvalue weighted by molar-refractivity contribution is 0.0697. The highest BCUT2D eigenvalue weighted by Crippen LogP contribution is 2.24. The van der Waals surface area contributed by atoms with Gasteiger partial charge in [-0.05, 0) is 30.9 Å². The average molecular weight is 390 g/mol. The highest BCUT2D eigenvalue weighted by atomic mass is 32.2. The van der Waals surface area contributed by atoms with E-state index in [0.717, 1.165) is 17.7 Å². The summed E-state index contributed by atoms with van der Waals surface area (Å²) in [5, 5.41) is 8.95. The van der Waals surface area contributed by atoms with Gasteiger partial charge in [0, 0.05) is 38.9 Å². The molecule has 1 aromatic heterocycles. The second-order valence-electron chi connectivity index (χ2n) is 6.78. The zero-order valence-corrected chi connectivity index (χ0v) is 16.1. The van der Waals surface area contributed by atoms with Gasteiger partial charge in [0.15, 0.2) is 0 Å². The molecule has 0 radical (unpaired) electrons. The molecule has 0 bridgehead atoms. The third kappa shape index (κ3) is 4.32. The molecule has 1 aromatic carbocycles. The molecule has 2 aromatic rings. The van der Waals surface area contributed by atoms with Crippen LogP contribution in [-0.2, 0) is 16.6 Å². The average Bonchev–Trinajstić information content (AvgIpc) is 3.11. The normalized spacial score (nSPS) is 18.1. The number of hydrogen-bond donors (Lipinski definition) is 1. The Bertz CT molecular complexity index is 911. The van der Waals surface area contributed by atoms with E-state index in [-0.39, 0.29) is 11.5 Å². The van der Waals surface area contributed by atoms with E-state index in [1.807, 2.05) is 0 Å². The molecule has 1 fully saturated rings. The van der Waals surface area contributed by atoms with Gasteiger partial charge in [-0.2, -0.15) is 17.0 Å². The number of carbonyl (C=O) groups is 1. The third-order valence-corrected chi connectivity index (χ3v) is 6.57. The molecule has 1 aliphatic rings. The van der Waals surface area contributed by atoms with Crippen LogP contribution in [0.2, 0.25) is 0 Å². The van der Waals surface area contributed by atoms with E-state index >= 15 is 0 Å². The first-order chi connectivity index (χ1) is 12.8. The lowest BCUT2D eigenvalue weighted by Crippen LogP contribution is -2.38. The molecule has 0 aliphatic carbocycles. The Morgan fingerprint density at radius 1 is 1.22 bits per heavy atom. The highest BCUT2D eigenvalue weighted by molar-refractivity contribution is 7.86. The van der Waals surface area contributed by atoms with Crippen LogP contribution in [0.5, 0.6) is 0 Å². The maximum Gasteiger partial charge on any atom is 0.335 e. The summed E-state index contributed by atoms with van der Waals surface area (Å²) < 4.78 is 27.1. The smallest absolute Gasteiger partial charge is 0.335 e. The summed E-state index contributed by atoms with van der Waals surface area (Å²) in [6, 6.07) is 6.47. The summed E-state index contributed by atoms with van der Waals surface area (Å²) in [6.45, 7) is 1.01. The SMILES string of the molecule is CN(C)S(=O)(=O)N1CCC(Cc2cnc(-c3ccc(C(=O)O)cc3)cn2)C1. The van der Waals surface area contributed by atoms with Crippen molar-refractivity contribution in [2.75, 3.05) is 27.2 Å². The Balaban J connectivity index is 1.64. The van der Waals surface area contributed by atoms with E-state index in [4.69, 9.17) is 5.11 Å². The molecule has 1 aliphatic heterocycles. The molecular formula is C18H22N4O4S. The lowest BCUT2D eigenvalue weighted by atomic mass is 10.0. The Morgan fingerprint density at radius 2 is 1.93 bits per heavy atom. The lowest BCUT2D eigenvalue weighted by Gasteiger charge is -2.20. The molecule has 144 valence electrons. The van der Waals surface area contributed by atoms with Crippen LogP contribution >= 0.6 is 0 Å². The minimum atomic E-state index is -3.37. The predicted molar refractivity (Wildman–Crippen MR) is 100 cm³/mol. The number of aromatic carboxylic acids is 1. The van der Waals surface area contributed by atoms with Gasteiger partial charge < -0.3 is 5.11 Å². The van der Waals surface area contributed by atoms with Crippen molar-refractivity contribution in [2.45, 2.75) is 12.8 Å². The van der Waals surface area contributed by atoms with Crippen LogP contribution < -0.4 is 0 Å². The van der Waals surface area contributed by atoms with Crippen molar-refractivity contribution in [2.24, 2.45) is 5.92 Å². The van der Waals surface area contributed by atoms with Gasteiger partial charge in [0.25, 0.3) is 10.2 Å². The molecule has 9 heteroatoms. The largest absolute Gasteiger partial charge is 0.478 e. The Hall–Kier alpha value is -2.36. The molecule has 2 heterocycles. The maximum atomic E-state index is 12.2. The highest BCUT2D eigenvalue weighted by Gasteiger charge is 2.32. The first-order valence-corrected chi connectivity index (χ1v) is 9.99. The first-order valence-electron chi connectivity index (χ1n) is 8.59. The van der Waals surface area contributed by atoms with Crippen molar-refractivity contribution in [1.29, 1.82) is 0 Å². The molecule has 27 heavy (non-hydrogen) atoms. The molecule has 0 saturated carbocycles. The van der Waals surface area contributed by atoms with Gasteiger partial charge >= 0.3 is 5.97 Å². The van der Waals surface area contributed by atoms with Gasteiger partial charge in [-0.1, -0.05) is 12.1 Å². The zero-order valence-electron chi connectivity index (χ0n) is 15.2. The maximum absolute atomic E-state index is 12.2. The van der Waals surface area contributed by atoms with E-state index in [2.05, 4.69) is 9.97 Å². The number of nitrogens with zero attached hydrogens (tertiary/aromatic N) is 4. The second-order valence-corrected chi connectivity index (χ2v) is 8.92. The second kappa shape index (κ2) is 7.71. The minimum absolute atomic E-state index is 0.217. The van der Waals surface area contributed by atoms with E-state index in [9.17, 15) is 13.2 Å². The molecule has 3 rings (SSSR count). The van der Waals surface area contributed by atoms with Gasteiger partial charge in [-0.25, -0.2) is 4.79 Å². The first kappa shape index (κ1) is 19.4. The van der Waals surface area contributed by atoms with E-state index in [1.165, 1.54) is 34.8 Å². The number of aromatic nitrogens is 2. The molecule has 0 spiro atoms. The Morgan fingerprint density at radius 3 is 2.48 bits per heavy atom. The van der Waals surface area contributed by atoms with Crippen molar-refractivity contribution in [1.82, 2.24) is 18.6 Å². The summed E-state index contributed by atoms with van der Waals surface area (Å²) in [5.74, 6) is -0.750. The quantitative estimate of drug-likeness (QED) is 0.802. The monoisotopic (exact) mass is 390 g/mol. The fourth-order valence-electron chi connectivity index (χ4n) is 3.09. The standard InChI is InChI=1S/C18H22N4O4S/c1-21(2)27(25,26)22-8-7-13(12-22)9-16-10-20-17(11-19-16)14-3-5-15(6-4-14)18(23)24/h3-6,10-11,13H,7-9,12H2,1-2H3,(H,23,24). The summed E-state index contributed by atoms with van der Waals surface area (Å²) >= 11 is 0. The predicted octanol–water partition coefficient (Wildman–Crippen LogP) is 1.51. The van der Waals surface area contributed by atoms with Crippen molar-refractivity contribution < 1.29 is 18.3 Å². The van der Waals surface area contributed by atoms with Crippen LogP contribution in [0, 0.1) is 5.92 Å². The number of benzene rings is 1. The third-order valence-electron chi connectivity index (χ3n) is 4.67. The van der Waals surface area contributed by atoms with Gasteiger partial charge in [0.1, 0.15) is 0 Å². The van der Waals surface area contributed by atoms with Crippen LogP contribution in [0.25, 0.3) is 11.3 Å². The number of rotatable bonds is 6. The van der Waals surface area contributed by atoms with E-state index < -0.39 is 16.2 Å². The van der Waals surface area contributed by atoms with E-state index in [0.29, 0.717) is 25.2 Å². The molecule has 1 saturated heterocycles. The van der Waals surface area contributed by atoms with Crippen LogP contribution in [0.1, 0.15) is 22.5 Å². The topological polar surface area (TPSA) is 104 Å². The summed E-state index contributed by atoms with van der Waals surface area (Å²) in [4.78, 5) is 19.8. The molecule has 1 atom stereocenters. The fraction of sp³-hybridized carbons (Fsp3) is 0.389. The van der Waals surface area contributed by atoms with Crippen LogP contribution in [-0.4, -0.2) is 65.3 Å². The van der Waals surface area contributed by atoms with Gasteiger partial charge in [-0.3, -0.25) is 9.97 Å². The number of hydrogen-bond acceptors (Lipinski definition) is 5. The zero-order chi connectivity index (χ0) is 19.6. The van der Waals surface area contributed by atoms with Crippen LogP contribution in [0.3, 0.4) is 0 Å². The van der Waals surface area contributed by atoms with Crippen molar-refractivity contribution in [3.63, 3.8) is 0 Å². The van der Waals surface area contributed by atoms with Crippen LogP contribution in [0.15, 0.2) is 36.7 Å². The fourth-order valence-corrected chi connectivity index (χ4v) is 4.29. The van der Waals surface area contributed by atoms with Gasteiger partial charge in [-0.15, -0.1) is 0 Å². The van der Waals surface area contributed by atoms with Crippen LogP contribution in [0.4, 0.5) is 0 Å².